The number of hydrogen-bond acceptors (Lipinski definition) is 9. The molecule has 1 aliphatic heterocycles. The number of thioether (sulfide) groups is 1. The summed E-state index contributed by atoms with van der Waals surface area (Å²) >= 11 is 7.95. The number of fused-ring (bicyclic) bond motifs is 2. The van der Waals surface area contributed by atoms with E-state index in [1.54, 1.807) is 16.4 Å². The van der Waals surface area contributed by atoms with Crippen LogP contribution in [0.25, 0.3) is 11.2 Å². The van der Waals surface area contributed by atoms with E-state index in [9.17, 15) is 5.11 Å². The van der Waals surface area contributed by atoms with Gasteiger partial charge in [0.05, 0.1) is 25.4 Å². The highest BCUT2D eigenvalue weighted by molar-refractivity contribution is 7.99. The van der Waals surface area contributed by atoms with Crippen LogP contribution in [-0.4, -0.2) is 73.1 Å². The number of rotatable bonds is 7. The van der Waals surface area contributed by atoms with Crippen LogP contribution in [0.3, 0.4) is 0 Å². The first-order valence-electron chi connectivity index (χ1n) is 10.6. The molecular formula is C19H26ClN5O4S. The van der Waals surface area contributed by atoms with E-state index in [4.69, 9.17) is 30.8 Å². The molecule has 30 heavy (non-hydrogen) atoms. The number of hydrogen-bond donors (Lipinski definition) is 1. The quantitative estimate of drug-likeness (QED) is 0.383. The van der Waals surface area contributed by atoms with Crippen molar-refractivity contribution >= 4 is 34.5 Å². The molecule has 1 saturated heterocycles. The summed E-state index contributed by atoms with van der Waals surface area (Å²) in [5, 5.41) is 18.8. The van der Waals surface area contributed by atoms with E-state index in [-0.39, 0.29) is 37.6 Å². The lowest BCUT2D eigenvalue weighted by Crippen LogP contribution is -2.32. The van der Waals surface area contributed by atoms with Gasteiger partial charge in [0.2, 0.25) is 0 Å². The SMILES string of the molecule is CCCSc1nc(Cl)c2nnn(C3C[C@H](OCCO)[C@H]4OC5(CCCC5)O[C@@H]34)c2n1. The van der Waals surface area contributed by atoms with Crippen LogP contribution in [0, 0.1) is 0 Å². The van der Waals surface area contributed by atoms with Crippen LogP contribution in [0.5, 0.6) is 0 Å². The fourth-order valence-corrected chi connectivity index (χ4v) is 5.71. The van der Waals surface area contributed by atoms with Crippen molar-refractivity contribution in [3.63, 3.8) is 0 Å². The minimum Gasteiger partial charge on any atom is -0.394 e. The average molecular weight is 456 g/mol. The number of aliphatic hydroxyl groups excluding tert-OH is 1. The second kappa shape index (κ2) is 8.48. The minimum atomic E-state index is -0.528. The summed E-state index contributed by atoms with van der Waals surface area (Å²) in [6.07, 6.45) is 5.04. The van der Waals surface area contributed by atoms with Gasteiger partial charge in [0.1, 0.15) is 12.2 Å². The van der Waals surface area contributed by atoms with Gasteiger partial charge >= 0.3 is 0 Å². The van der Waals surface area contributed by atoms with E-state index in [1.807, 2.05) is 0 Å². The Labute approximate surface area is 183 Å². The van der Waals surface area contributed by atoms with Gasteiger partial charge in [0.15, 0.2) is 27.3 Å². The molecule has 0 amide bonds. The lowest BCUT2D eigenvalue weighted by atomic mass is 10.2. The summed E-state index contributed by atoms with van der Waals surface area (Å²) < 4.78 is 20.7. The Bertz CT molecular complexity index is 908. The fourth-order valence-electron chi connectivity index (χ4n) is 4.76. The van der Waals surface area contributed by atoms with Crippen LogP contribution in [-0.2, 0) is 14.2 Å². The smallest absolute Gasteiger partial charge is 0.191 e. The van der Waals surface area contributed by atoms with Crippen molar-refractivity contribution in [1.82, 2.24) is 25.0 Å². The summed E-state index contributed by atoms with van der Waals surface area (Å²) in [5.74, 6) is 0.383. The number of halogens is 1. The highest BCUT2D eigenvalue weighted by atomic mass is 35.5. The largest absolute Gasteiger partial charge is 0.394 e. The van der Waals surface area contributed by atoms with Crippen molar-refractivity contribution in [3.05, 3.63) is 5.15 Å². The second-order valence-corrected chi connectivity index (χ2v) is 9.49. The normalized spacial score (nSPS) is 30.0. The van der Waals surface area contributed by atoms with Gasteiger partial charge in [-0.05, 0) is 19.3 Å². The predicted octanol–water partition coefficient (Wildman–Crippen LogP) is 2.75. The maximum Gasteiger partial charge on any atom is 0.191 e. The molecule has 3 fully saturated rings. The molecule has 2 saturated carbocycles. The van der Waals surface area contributed by atoms with Crippen molar-refractivity contribution in [3.8, 4) is 0 Å². The Hall–Kier alpha value is -1.04. The molecule has 1 spiro atoms. The van der Waals surface area contributed by atoms with Crippen LogP contribution >= 0.6 is 23.4 Å². The Balaban J connectivity index is 1.49. The summed E-state index contributed by atoms with van der Waals surface area (Å²) in [5.41, 5.74) is 1.10. The van der Waals surface area contributed by atoms with E-state index in [2.05, 4.69) is 22.2 Å². The Morgan fingerprint density at radius 1 is 1.27 bits per heavy atom. The Kier molecular flexibility index (Phi) is 5.89. The van der Waals surface area contributed by atoms with E-state index in [0.717, 1.165) is 37.9 Å². The molecule has 1 N–H and O–H groups in total. The third kappa shape index (κ3) is 3.61. The molecule has 1 unspecified atom stereocenters. The number of nitrogens with zero attached hydrogens (tertiary/aromatic N) is 5. The highest BCUT2D eigenvalue weighted by Crippen LogP contribution is 2.50. The molecule has 3 aliphatic rings. The molecule has 4 atom stereocenters. The molecule has 0 radical (unpaired) electrons. The zero-order valence-corrected chi connectivity index (χ0v) is 18.4. The molecule has 0 bridgehead atoms. The molecule has 5 rings (SSSR count). The third-order valence-corrected chi connectivity index (χ3v) is 7.36. The maximum absolute atomic E-state index is 9.24. The van der Waals surface area contributed by atoms with Crippen molar-refractivity contribution in [2.75, 3.05) is 19.0 Å². The van der Waals surface area contributed by atoms with Gasteiger partial charge in [-0.1, -0.05) is 35.5 Å². The number of ether oxygens (including phenoxy) is 3. The van der Waals surface area contributed by atoms with E-state index in [1.165, 1.54) is 0 Å². The van der Waals surface area contributed by atoms with Crippen LogP contribution in [0.2, 0.25) is 5.15 Å². The topological polar surface area (TPSA) is 104 Å². The van der Waals surface area contributed by atoms with E-state index >= 15 is 0 Å². The molecule has 2 aromatic heterocycles. The first-order chi connectivity index (χ1) is 14.6. The predicted molar refractivity (Wildman–Crippen MR) is 111 cm³/mol. The molecular weight excluding hydrogens is 430 g/mol. The second-order valence-electron chi connectivity index (χ2n) is 8.07. The summed E-state index contributed by atoms with van der Waals surface area (Å²) in [6, 6.07) is -0.140. The third-order valence-electron chi connectivity index (χ3n) is 6.04. The van der Waals surface area contributed by atoms with Crippen molar-refractivity contribution in [1.29, 1.82) is 0 Å². The van der Waals surface area contributed by atoms with Crippen molar-refractivity contribution in [2.24, 2.45) is 0 Å². The van der Waals surface area contributed by atoms with Crippen LogP contribution < -0.4 is 0 Å². The van der Waals surface area contributed by atoms with Gasteiger partial charge in [-0.25, -0.2) is 14.6 Å². The molecule has 9 nitrogen and oxygen atoms in total. The van der Waals surface area contributed by atoms with Crippen molar-refractivity contribution in [2.45, 2.75) is 80.7 Å². The zero-order valence-electron chi connectivity index (χ0n) is 16.9. The number of aliphatic hydroxyl groups is 1. The lowest BCUT2D eigenvalue weighted by Gasteiger charge is -2.26. The summed E-state index contributed by atoms with van der Waals surface area (Å²) in [7, 11) is 0. The molecule has 2 aromatic rings. The van der Waals surface area contributed by atoms with Gasteiger partial charge in [0.25, 0.3) is 0 Å². The van der Waals surface area contributed by atoms with Crippen molar-refractivity contribution < 1.29 is 19.3 Å². The first-order valence-corrected chi connectivity index (χ1v) is 12.0. The fraction of sp³-hybridized carbons (Fsp3) is 0.789. The molecule has 3 heterocycles. The minimum absolute atomic E-state index is 0.0301. The van der Waals surface area contributed by atoms with Crippen LogP contribution in [0.15, 0.2) is 5.16 Å². The Morgan fingerprint density at radius 2 is 2.07 bits per heavy atom. The van der Waals surface area contributed by atoms with E-state index < -0.39 is 5.79 Å². The summed E-state index contributed by atoms with van der Waals surface area (Å²) in [4.78, 5) is 9.05. The molecule has 0 aromatic carbocycles. The maximum atomic E-state index is 9.24. The lowest BCUT2D eigenvalue weighted by molar-refractivity contribution is -0.190. The monoisotopic (exact) mass is 455 g/mol. The van der Waals surface area contributed by atoms with Crippen LogP contribution in [0.4, 0.5) is 0 Å². The summed E-state index contributed by atoms with van der Waals surface area (Å²) in [6.45, 7) is 2.35. The standard InChI is InChI=1S/C19H26ClN5O4S/c1-2-9-30-18-21-16(20)13-17(22-18)25(24-23-13)11-10-12(27-8-7-26)15-14(11)28-19(29-15)5-3-4-6-19/h11-12,14-15,26H,2-10H2,1H3/t11?,12-,14-,15+/m0/s1. The van der Waals surface area contributed by atoms with E-state index in [0.29, 0.717) is 27.9 Å². The molecule has 164 valence electrons. The van der Waals surface area contributed by atoms with Gasteiger partial charge in [-0.2, -0.15) is 0 Å². The molecule has 11 heteroatoms. The van der Waals surface area contributed by atoms with Gasteiger partial charge in [0, 0.05) is 25.0 Å². The first kappa shape index (κ1) is 20.8. The van der Waals surface area contributed by atoms with Gasteiger partial charge < -0.3 is 19.3 Å². The Morgan fingerprint density at radius 3 is 2.83 bits per heavy atom. The van der Waals surface area contributed by atoms with Crippen LogP contribution in [0.1, 0.15) is 51.5 Å². The van der Waals surface area contributed by atoms with Gasteiger partial charge in [-0.3, -0.25) is 0 Å². The number of aromatic nitrogens is 5. The average Bonchev–Trinajstić information content (AvgIpc) is 3.50. The molecule has 2 aliphatic carbocycles. The van der Waals surface area contributed by atoms with Gasteiger partial charge in [-0.15, -0.1) is 5.10 Å². The highest BCUT2D eigenvalue weighted by Gasteiger charge is 2.59. The zero-order chi connectivity index (χ0) is 20.7.